The van der Waals surface area contributed by atoms with E-state index in [1.54, 1.807) is 6.07 Å². The number of hydrogen-bond donors (Lipinski definition) is 2. The molecular formula is C15H14FN3O. The Morgan fingerprint density at radius 1 is 1.20 bits per heavy atom. The smallest absolute Gasteiger partial charge is 0.295 e. The molecule has 0 aliphatic heterocycles. The molecule has 3 rings (SSSR count). The van der Waals surface area contributed by atoms with E-state index in [1.165, 1.54) is 6.07 Å². The number of rotatable bonds is 4. The van der Waals surface area contributed by atoms with E-state index >= 15 is 0 Å². The number of fused-ring (bicyclic) bond motifs is 1. The summed E-state index contributed by atoms with van der Waals surface area (Å²) in [5.41, 5.74) is 8.26. The minimum absolute atomic E-state index is 0.281. The zero-order valence-corrected chi connectivity index (χ0v) is 10.8. The van der Waals surface area contributed by atoms with Gasteiger partial charge < -0.3 is 15.5 Å². The van der Waals surface area contributed by atoms with Crippen molar-refractivity contribution in [1.82, 2.24) is 4.98 Å². The molecule has 5 heteroatoms. The normalized spacial score (nSPS) is 10.9. The van der Waals surface area contributed by atoms with Gasteiger partial charge in [0.25, 0.3) is 6.01 Å². The van der Waals surface area contributed by atoms with E-state index < -0.39 is 0 Å². The number of aromatic nitrogens is 1. The van der Waals surface area contributed by atoms with Crippen molar-refractivity contribution in [2.45, 2.75) is 13.1 Å². The van der Waals surface area contributed by atoms with Crippen molar-refractivity contribution < 1.29 is 8.81 Å². The Hall–Kier alpha value is -2.40. The third-order valence-electron chi connectivity index (χ3n) is 3.08. The zero-order valence-electron chi connectivity index (χ0n) is 10.8. The van der Waals surface area contributed by atoms with Gasteiger partial charge in [-0.15, -0.1) is 0 Å². The van der Waals surface area contributed by atoms with Crippen LogP contribution in [0.2, 0.25) is 0 Å². The Morgan fingerprint density at radius 2 is 2.05 bits per heavy atom. The van der Waals surface area contributed by atoms with Crippen molar-refractivity contribution in [3.05, 3.63) is 59.4 Å². The Bertz CT molecular complexity index is 706. The summed E-state index contributed by atoms with van der Waals surface area (Å²) in [7, 11) is 0. The van der Waals surface area contributed by atoms with E-state index in [0.717, 1.165) is 11.1 Å². The molecule has 0 aliphatic rings. The minimum atomic E-state index is -0.281. The number of nitrogens with two attached hydrogens (primary N) is 1. The standard InChI is InChI=1S/C15H14FN3O/c16-12-7-10(8-17)5-6-11(12)9-18-15-19-13-3-1-2-4-14(13)20-15/h1-7H,8-9,17H2,(H,18,19). The van der Waals surface area contributed by atoms with Crippen molar-refractivity contribution in [2.24, 2.45) is 5.73 Å². The largest absolute Gasteiger partial charge is 0.424 e. The maximum absolute atomic E-state index is 13.8. The number of benzene rings is 2. The molecule has 0 amide bonds. The molecule has 4 nitrogen and oxygen atoms in total. The van der Waals surface area contributed by atoms with Gasteiger partial charge in [0.1, 0.15) is 11.3 Å². The molecular weight excluding hydrogens is 257 g/mol. The van der Waals surface area contributed by atoms with E-state index in [9.17, 15) is 4.39 Å². The molecule has 1 aromatic heterocycles. The highest BCUT2D eigenvalue weighted by Crippen LogP contribution is 2.19. The molecule has 0 saturated heterocycles. The highest BCUT2D eigenvalue weighted by molar-refractivity contribution is 5.74. The van der Waals surface area contributed by atoms with Gasteiger partial charge in [-0.2, -0.15) is 4.98 Å². The minimum Gasteiger partial charge on any atom is -0.424 e. The fourth-order valence-corrected chi connectivity index (χ4v) is 1.98. The van der Waals surface area contributed by atoms with Crippen molar-refractivity contribution in [1.29, 1.82) is 0 Å². The molecule has 0 radical (unpaired) electrons. The molecule has 0 saturated carbocycles. The number of halogens is 1. The molecule has 102 valence electrons. The molecule has 0 unspecified atom stereocenters. The predicted octanol–water partition coefficient (Wildman–Crippen LogP) is 3.04. The zero-order chi connectivity index (χ0) is 13.9. The van der Waals surface area contributed by atoms with Crippen LogP contribution in [-0.4, -0.2) is 4.98 Å². The fourth-order valence-electron chi connectivity index (χ4n) is 1.98. The first-order valence-corrected chi connectivity index (χ1v) is 6.33. The lowest BCUT2D eigenvalue weighted by Crippen LogP contribution is -2.04. The van der Waals surface area contributed by atoms with Crippen molar-refractivity contribution >= 4 is 17.1 Å². The molecule has 0 bridgehead atoms. The Morgan fingerprint density at radius 3 is 2.80 bits per heavy atom. The Kier molecular flexibility index (Phi) is 3.35. The van der Waals surface area contributed by atoms with Gasteiger partial charge in [0.15, 0.2) is 5.58 Å². The van der Waals surface area contributed by atoms with E-state index in [0.29, 0.717) is 30.3 Å². The van der Waals surface area contributed by atoms with Crippen LogP contribution in [-0.2, 0) is 13.1 Å². The lowest BCUT2D eigenvalue weighted by molar-refractivity contribution is 0.598. The van der Waals surface area contributed by atoms with Crippen LogP contribution in [0, 0.1) is 5.82 Å². The summed E-state index contributed by atoms with van der Waals surface area (Å²) in [6, 6.07) is 12.8. The van der Waals surface area contributed by atoms with Crippen molar-refractivity contribution in [3.8, 4) is 0 Å². The van der Waals surface area contributed by atoms with Gasteiger partial charge in [0.05, 0.1) is 0 Å². The third-order valence-corrected chi connectivity index (χ3v) is 3.08. The van der Waals surface area contributed by atoms with Gasteiger partial charge in [-0.1, -0.05) is 24.3 Å². The molecule has 0 spiro atoms. The maximum Gasteiger partial charge on any atom is 0.295 e. The predicted molar refractivity (Wildman–Crippen MR) is 75.6 cm³/mol. The molecule has 3 N–H and O–H groups in total. The van der Waals surface area contributed by atoms with Crippen LogP contribution in [0.3, 0.4) is 0 Å². The number of para-hydroxylation sites is 2. The molecule has 0 aliphatic carbocycles. The van der Waals surface area contributed by atoms with Crippen molar-refractivity contribution in [2.75, 3.05) is 5.32 Å². The molecule has 20 heavy (non-hydrogen) atoms. The second kappa shape index (κ2) is 5.30. The van der Waals surface area contributed by atoms with Crippen LogP contribution in [0.4, 0.5) is 10.4 Å². The van der Waals surface area contributed by atoms with Crippen molar-refractivity contribution in [3.63, 3.8) is 0 Å². The quantitative estimate of drug-likeness (QED) is 0.765. The number of nitrogens with zero attached hydrogens (tertiary/aromatic N) is 1. The Labute approximate surface area is 115 Å². The molecule has 0 fully saturated rings. The molecule has 0 atom stereocenters. The number of oxazole rings is 1. The van der Waals surface area contributed by atoms with Crippen LogP contribution in [0.25, 0.3) is 11.1 Å². The van der Waals surface area contributed by atoms with Gasteiger partial charge >= 0.3 is 0 Å². The average molecular weight is 271 g/mol. The molecule has 2 aromatic carbocycles. The second-order valence-corrected chi connectivity index (χ2v) is 4.47. The van der Waals surface area contributed by atoms with E-state index in [-0.39, 0.29) is 5.82 Å². The summed E-state index contributed by atoms with van der Waals surface area (Å²) in [6.07, 6.45) is 0. The summed E-state index contributed by atoms with van der Waals surface area (Å²) in [5.74, 6) is -0.281. The first-order chi connectivity index (χ1) is 9.76. The van der Waals surface area contributed by atoms with Crippen LogP contribution in [0.5, 0.6) is 0 Å². The molecule has 1 heterocycles. The van der Waals surface area contributed by atoms with Gasteiger partial charge in [-0.3, -0.25) is 0 Å². The second-order valence-electron chi connectivity index (χ2n) is 4.47. The number of hydrogen-bond acceptors (Lipinski definition) is 4. The molecule has 3 aromatic rings. The van der Waals surface area contributed by atoms with E-state index in [4.69, 9.17) is 10.2 Å². The maximum atomic E-state index is 13.8. The monoisotopic (exact) mass is 271 g/mol. The van der Waals surface area contributed by atoms with Crippen LogP contribution in [0.15, 0.2) is 46.9 Å². The van der Waals surface area contributed by atoms with E-state index in [2.05, 4.69) is 10.3 Å². The number of anilines is 1. The van der Waals surface area contributed by atoms with Crippen LogP contribution >= 0.6 is 0 Å². The van der Waals surface area contributed by atoms with Gasteiger partial charge in [-0.25, -0.2) is 4.39 Å². The Balaban J connectivity index is 1.75. The number of nitrogens with one attached hydrogen (secondary N) is 1. The third kappa shape index (κ3) is 2.48. The summed E-state index contributed by atoms with van der Waals surface area (Å²) in [6.45, 7) is 0.638. The first kappa shape index (κ1) is 12.6. The van der Waals surface area contributed by atoms with Gasteiger partial charge in [-0.05, 0) is 23.8 Å². The van der Waals surface area contributed by atoms with Crippen LogP contribution < -0.4 is 11.1 Å². The van der Waals surface area contributed by atoms with E-state index in [1.807, 2.05) is 30.3 Å². The lowest BCUT2D eigenvalue weighted by atomic mass is 10.1. The summed E-state index contributed by atoms with van der Waals surface area (Å²) in [4.78, 5) is 4.27. The van der Waals surface area contributed by atoms with Gasteiger partial charge in [0, 0.05) is 18.7 Å². The van der Waals surface area contributed by atoms with Gasteiger partial charge in [0.2, 0.25) is 0 Å². The fraction of sp³-hybridized carbons (Fsp3) is 0.133. The van der Waals surface area contributed by atoms with Crippen LogP contribution in [0.1, 0.15) is 11.1 Å². The lowest BCUT2D eigenvalue weighted by Gasteiger charge is -2.05. The summed E-state index contributed by atoms with van der Waals surface area (Å²) in [5, 5.41) is 2.98. The highest BCUT2D eigenvalue weighted by atomic mass is 19.1. The summed E-state index contributed by atoms with van der Waals surface area (Å²) >= 11 is 0. The first-order valence-electron chi connectivity index (χ1n) is 6.33. The average Bonchev–Trinajstić information content (AvgIpc) is 2.88. The SMILES string of the molecule is NCc1ccc(CNc2nc3ccccc3o2)c(F)c1. The topological polar surface area (TPSA) is 64.1 Å². The highest BCUT2D eigenvalue weighted by Gasteiger charge is 2.07. The summed E-state index contributed by atoms with van der Waals surface area (Å²) < 4.78 is 19.3.